The Morgan fingerprint density at radius 3 is 2.90 bits per heavy atom. The van der Waals surface area contributed by atoms with Gasteiger partial charge in [-0.1, -0.05) is 48.3 Å². The topological polar surface area (TPSA) is 63.7 Å². The zero-order valence-electron chi connectivity index (χ0n) is 11.6. The summed E-state index contributed by atoms with van der Waals surface area (Å²) in [6.45, 7) is 2.71. The summed E-state index contributed by atoms with van der Waals surface area (Å²) in [5.41, 5.74) is 0.984. The molecule has 0 fully saturated rings. The lowest BCUT2D eigenvalue weighted by molar-refractivity contribution is 0.315. The molecule has 2 aromatic rings. The van der Waals surface area contributed by atoms with E-state index in [-0.39, 0.29) is 0 Å². The summed E-state index contributed by atoms with van der Waals surface area (Å²) < 4.78 is 5.82. The number of hydrogen-bond donors (Lipinski definition) is 1. The normalized spacial score (nSPS) is 10.8. The molecule has 0 unspecified atom stereocenters. The molecule has 0 aliphatic rings. The lowest BCUT2D eigenvalue weighted by Gasteiger charge is -2.13. The highest BCUT2D eigenvalue weighted by atomic mass is 35.5. The van der Waals surface area contributed by atoms with Crippen LogP contribution in [-0.4, -0.2) is 33.0 Å². The van der Waals surface area contributed by atoms with E-state index in [0.29, 0.717) is 21.8 Å². The molecule has 1 heterocycles. The number of aromatic amines is 1. The third-order valence-corrected chi connectivity index (χ3v) is 4.52. The molecule has 0 bridgehead atoms. The lowest BCUT2D eigenvalue weighted by atomic mass is 10.1. The molecule has 0 spiro atoms. The van der Waals surface area contributed by atoms with Gasteiger partial charge in [-0.05, 0) is 30.2 Å². The van der Waals surface area contributed by atoms with Crippen LogP contribution in [0.2, 0.25) is 10.0 Å². The van der Waals surface area contributed by atoms with Crippen molar-refractivity contribution in [1.29, 1.82) is 0 Å². The molecule has 2 rings (SSSR count). The summed E-state index contributed by atoms with van der Waals surface area (Å²) in [7, 11) is 0. The summed E-state index contributed by atoms with van der Waals surface area (Å²) in [6, 6.07) is 3.65. The van der Waals surface area contributed by atoms with Gasteiger partial charge < -0.3 is 4.74 Å². The Morgan fingerprint density at radius 2 is 2.19 bits per heavy atom. The minimum Gasteiger partial charge on any atom is -0.493 e. The SMILES string of the molecule is CCCc1c(OCCCSc2nn[nH]n2)ccc(Cl)c1Cl. The highest BCUT2D eigenvalue weighted by molar-refractivity contribution is 7.99. The third kappa shape index (κ3) is 4.76. The van der Waals surface area contributed by atoms with Gasteiger partial charge in [0.15, 0.2) is 0 Å². The maximum Gasteiger partial charge on any atom is 0.230 e. The number of halogens is 2. The zero-order chi connectivity index (χ0) is 15.1. The average Bonchev–Trinajstić information content (AvgIpc) is 2.99. The van der Waals surface area contributed by atoms with Crippen LogP contribution in [0.5, 0.6) is 5.75 Å². The molecular weight excluding hydrogens is 331 g/mol. The van der Waals surface area contributed by atoms with Crippen LogP contribution in [0.15, 0.2) is 17.3 Å². The second-order valence-electron chi connectivity index (χ2n) is 4.33. The van der Waals surface area contributed by atoms with Crippen LogP contribution in [0.25, 0.3) is 0 Å². The molecule has 5 nitrogen and oxygen atoms in total. The molecule has 1 aromatic heterocycles. The number of thioether (sulfide) groups is 1. The Balaban J connectivity index is 1.83. The van der Waals surface area contributed by atoms with Gasteiger partial charge in [-0.3, -0.25) is 0 Å². The van der Waals surface area contributed by atoms with Crippen LogP contribution in [0.4, 0.5) is 0 Å². The van der Waals surface area contributed by atoms with E-state index in [2.05, 4.69) is 27.5 Å². The van der Waals surface area contributed by atoms with E-state index >= 15 is 0 Å². The summed E-state index contributed by atoms with van der Waals surface area (Å²) in [5.74, 6) is 1.68. The van der Waals surface area contributed by atoms with Gasteiger partial charge in [0.1, 0.15) is 5.75 Å². The number of rotatable bonds is 8. The maximum atomic E-state index is 6.24. The molecule has 0 radical (unpaired) electrons. The van der Waals surface area contributed by atoms with Crippen molar-refractivity contribution in [3.63, 3.8) is 0 Å². The Kier molecular flexibility index (Phi) is 6.60. The van der Waals surface area contributed by atoms with Gasteiger partial charge in [0.25, 0.3) is 0 Å². The number of aromatic nitrogens is 4. The number of nitrogens with zero attached hydrogens (tertiary/aromatic N) is 3. The molecule has 0 aliphatic heterocycles. The fourth-order valence-corrected chi connectivity index (χ4v) is 2.89. The van der Waals surface area contributed by atoms with E-state index in [1.165, 1.54) is 11.8 Å². The number of H-pyrrole nitrogens is 1. The highest BCUT2D eigenvalue weighted by Crippen LogP contribution is 2.34. The van der Waals surface area contributed by atoms with Crippen molar-refractivity contribution in [2.45, 2.75) is 31.3 Å². The van der Waals surface area contributed by atoms with Crippen molar-refractivity contribution in [1.82, 2.24) is 20.6 Å². The minimum absolute atomic E-state index is 0.570. The molecule has 0 aliphatic carbocycles. The van der Waals surface area contributed by atoms with E-state index in [1.54, 1.807) is 6.07 Å². The maximum absolute atomic E-state index is 6.24. The molecule has 8 heteroatoms. The van der Waals surface area contributed by atoms with Gasteiger partial charge in [-0.15, -0.1) is 10.2 Å². The first-order valence-corrected chi connectivity index (χ1v) is 8.42. The highest BCUT2D eigenvalue weighted by Gasteiger charge is 2.11. The van der Waals surface area contributed by atoms with Crippen LogP contribution in [0.1, 0.15) is 25.3 Å². The van der Waals surface area contributed by atoms with Crippen LogP contribution >= 0.6 is 35.0 Å². The molecular formula is C13H16Cl2N4OS. The average molecular weight is 347 g/mol. The first-order chi connectivity index (χ1) is 10.2. The van der Waals surface area contributed by atoms with E-state index in [9.17, 15) is 0 Å². The van der Waals surface area contributed by atoms with Gasteiger partial charge in [0, 0.05) is 11.3 Å². The smallest absolute Gasteiger partial charge is 0.230 e. The number of nitrogens with one attached hydrogen (secondary N) is 1. The van der Waals surface area contributed by atoms with Crippen molar-refractivity contribution < 1.29 is 4.74 Å². The fourth-order valence-electron chi connectivity index (χ4n) is 1.81. The predicted octanol–water partition coefficient (Wildman–Crippen LogP) is 4.02. The van der Waals surface area contributed by atoms with E-state index < -0.39 is 0 Å². The van der Waals surface area contributed by atoms with Gasteiger partial charge in [0.05, 0.1) is 16.7 Å². The molecule has 0 saturated carbocycles. The summed E-state index contributed by atoms with van der Waals surface area (Å²) in [5, 5.41) is 15.5. The predicted molar refractivity (Wildman–Crippen MR) is 85.5 cm³/mol. The summed E-state index contributed by atoms with van der Waals surface area (Å²) in [6.07, 6.45) is 2.72. The second-order valence-corrected chi connectivity index (χ2v) is 6.18. The molecule has 1 aromatic carbocycles. The molecule has 1 N–H and O–H groups in total. The molecule has 114 valence electrons. The molecule has 0 amide bonds. The number of benzene rings is 1. The quantitative estimate of drug-likeness (QED) is 0.577. The van der Waals surface area contributed by atoms with Crippen molar-refractivity contribution in [3.8, 4) is 5.75 Å². The fraction of sp³-hybridized carbons (Fsp3) is 0.462. The largest absolute Gasteiger partial charge is 0.493 e. The monoisotopic (exact) mass is 346 g/mol. The van der Waals surface area contributed by atoms with Crippen molar-refractivity contribution in [3.05, 3.63) is 27.7 Å². The van der Waals surface area contributed by atoms with Gasteiger partial charge in [-0.2, -0.15) is 5.21 Å². The van der Waals surface area contributed by atoms with Crippen molar-refractivity contribution >= 4 is 35.0 Å². The van der Waals surface area contributed by atoms with Crippen LogP contribution in [0, 0.1) is 0 Å². The van der Waals surface area contributed by atoms with E-state index in [0.717, 1.165) is 36.3 Å². The standard InChI is InChI=1S/C13H16Cl2N4OS/c1-2-4-9-11(6-5-10(14)12(9)15)20-7-3-8-21-13-16-18-19-17-13/h5-6H,2-4,7-8H2,1H3,(H,16,17,18,19). The van der Waals surface area contributed by atoms with Gasteiger partial charge >= 0.3 is 0 Å². The van der Waals surface area contributed by atoms with E-state index in [4.69, 9.17) is 27.9 Å². The number of hydrogen-bond acceptors (Lipinski definition) is 5. The summed E-state index contributed by atoms with van der Waals surface area (Å²) >= 11 is 13.8. The van der Waals surface area contributed by atoms with Gasteiger partial charge in [0.2, 0.25) is 5.16 Å². The zero-order valence-corrected chi connectivity index (χ0v) is 13.9. The van der Waals surface area contributed by atoms with E-state index in [1.807, 2.05) is 6.07 Å². The number of ether oxygens (including phenoxy) is 1. The Bertz CT molecular complexity index is 566. The van der Waals surface area contributed by atoms with Crippen molar-refractivity contribution in [2.24, 2.45) is 0 Å². The Labute approximate surface area is 137 Å². The van der Waals surface area contributed by atoms with Gasteiger partial charge in [-0.25, -0.2) is 0 Å². The molecule has 21 heavy (non-hydrogen) atoms. The molecule has 0 atom stereocenters. The number of tetrazole rings is 1. The third-order valence-electron chi connectivity index (χ3n) is 2.76. The minimum atomic E-state index is 0.570. The van der Waals surface area contributed by atoms with Crippen LogP contribution < -0.4 is 4.74 Å². The second kappa shape index (κ2) is 8.46. The Morgan fingerprint density at radius 1 is 1.33 bits per heavy atom. The van der Waals surface area contributed by atoms with Crippen LogP contribution in [-0.2, 0) is 6.42 Å². The van der Waals surface area contributed by atoms with Crippen molar-refractivity contribution in [2.75, 3.05) is 12.4 Å². The molecule has 0 saturated heterocycles. The summed E-state index contributed by atoms with van der Waals surface area (Å²) in [4.78, 5) is 0. The first kappa shape index (κ1) is 16.4. The first-order valence-electron chi connectivity index (χ1n) is 6.68. The lowest BCUT2D eigenvalue weighted by Crippen LogP contribution is -2.02. The Hall–Kier alpha value is -0.980. The van der Waals surface area contributed by atoms with Crippen LogP contribution in [0.3, 0.4) is 0 Å².